The predicted molar refractivity (Wildman–Crippen MR) is 152 cm³/mol. The fourth-order valence-electron chi connectivity index (χ4n) is 4.08. The third-order valence-corrected chi connectivity index (χ3v) is 5.98. The van der Waals surface area contributed by atoms with Crippen LogP contribution >= 0.6 is 0 Å². The number of terminal acetylenes is 1. The van der Waals surface area contributed by atoms with Gasteiger partial charge < -0.3 is 20.3 Å². The normalized spacial score (nSPS) is 11.7. The summed E-state index contributed by atoms with van der Waals surface area (Å²) in [6.45, 7) is 9.32. The molecule has 0 aliphatic rings. The second-order valence-electron chi connectivity index (χ2n) is 10.3. The van der Waals surface area contributed by atoms with Crippen molar-refractivity contribution in [3.8, 4) is 12.3 Å². The van der Waals surface area contributed by atoms with Crippen molar-refractivity contribution in [1.82, 2.24) is 10.2 Å². The van der Waals surface area contributed by atoms with Gasteiger partial charge in [0.25, 0.3) is 5.91 Å². The first-order valence-corrected chi connectivity index (χ1v) is 13.3. The molecule has 3 amide bonds. The van der Waals surface area contributed by atoms with Crippen LogP contribution in [-0.2, 0) is 14.3 Å². The van der Waals surface area contributed by atoms with Crippen molar-refractivity contribution < 1.29 is 19.1 Å². The molecule has 38 heavy (non-hydrogen) atoms. The number of amides is 3. The summed E-state index contributed by atoms with van der Waals surface area (Å²) in [5, 5.41) is 5.53. The van der Waals surface area contributed by atoms with Crippen LogP contribution < -0.4 is 10.6 Å². The molecule has 0 saturated heterocycles. The van der Waals surface area contributed by atoms with Gasteiger partial charge in [0.05, 0.1) is 0 Å². The van der Waals surface area contributed by atoms with E-state index in [1.54, 1.807) is 45.0 Å². The van der Waals surface area contributed by atoms with E-state index in [-0.39, 0.29) is 12.5 Å². The van der Waals surface area contributed by atoms with E-state index in [0.29, 0.717) is 29.8 Å². The summed E-state index contributed by atoms with van der Waals surface area (Å²) in [7, 11) is 0. The minimum atomic E-state index is -0.985. The highest BCUT2D eigenvalue weighted by Crippen LogP contribution is 2.27. The van der Waals surface area contributed by atoms with Crippen LogP contribution in [0.1, 0.15) is 82.5 Å². The fourth-order valence-corrected chi connectivity index (χ4v) is 4.08. The molecule has 1 unspecified atom stereocenters. The average molecular weight is 520 g/mol. The largest absolute Gasteiger partial charge is 0.444 e. The maximum atomic E-state index is 13.9. The van der Waals surface area contributed by atoms with Gasteiger partial charge in [-0.05, 0) is 57.4 Å². The van der Waals surface area contributed by atoms with Crippen LogP contribution in [0.5, 0.6) is 0 Å². The average Bonchev–Trinajstić information content (AvgIpc) is 2.87. The number of nitrogens with zero attached hydrogens (tertiary/aromatic N) is 1. The van der Waals surface area contributed by atoms with Crippen LogP contribution in [0.3, 0.4) is 0 Å². The highest BCUT2D eigenvalue weighted by molar-refractivity contribution is 5.99. The molecule has 0 heterocycles. The van der Waals surface area contributed by atoms with Gasteiger partial charge in [0.15, 0.2) is 0 Å². The van der Waals surface area contributed by atoms with Gasteiger partial charge in [-0.15, -0.1) is 6.42 Å². The number of nitrogens with one attached hydrogen (secondary N) is 2. The number of unbranched alkanes of at least 4 members (excludes halogenated alkanes) is 4. The van der Waals surface area contributed by atoms with Gasteiger partial charge in [0.1, 0.15) is 18.2 Å². The van der Waals surface area contributed by atoms with E-state index < -0.39 is 23.6 Å². The SMILES string of the molecule is C#Cc1ccccc1C(C(=O)Nc1ccccc1C)N(CCCCCCC)C(=O)CNC(=O)OC(C)(C)C. The Labute approximate surface area is 227 Å². The van der Waals surface area contributed by atoms with Crippen molar-refractivity contribution in [2.24, 2.45) is 0 Å². The summed E-state index contributed by atoms with van der Waals surface area (Å²) < 4.78 is 5.29. The lowest BCUT2D eigenvalue weighted by molar-refractivity contribution is -0.138. The summed E-state index contributed by atoms with van der Waals surface area (Å²) in [6.07, 6.45) is 9.97. The topological polar surface area (TPSA) is 87.7 Å². The highest BCUT2D eigenvalue weighted by Gasteiger charge is 2.33. The number of carbonyl (C=O) groups excluding carboxylic acids is 3. The second-order valence-corrected chi connectivity index (χ2v) is 10.3. The molecular weight excluding hydrogens is 478 g/mol. The van der Waals surface area contributed by atoms with Gasteiger partial charge >= 0.3 is 6.09 Å². The molecule has 204 valence electrons. The van der Waals surface area contributed by atoms with Crippen LogP contribution in [0.15, 0.2) is 48.5 Å². The van der Waals surface area contributed by atoms with Crippen molar-refractivity contribution in [2.75, 3.05) is 18.4 Å². The van der Waals surface area contributed by atoms with Crippen molar-refractivity contribution in [3.63, 3.8) is 0 Å². The lowest BCUT2D eigenvalue weighted by Crippen LogP contribution is -2.47. The van der Waals surface area contributed by atoms with Crippen molar-refractivity contribution in [1.29, 1.82) is 0 Å². The molecule has 7 heteroatoms. The van der Waals surface area contributed by atoms with Crippen LogP contribution in [0.4, 0.5) is 10.5 Å². The van der Waals surface area contributed by atoms with E-state index in [9.17, 15) is 14.4 Å². The first-order chi connectivity index (χ1) is 18.1. The van der Waals surface area contributed by atoms with Crippen molar-refractivity contribution >= 4 is 23.6 Å². The maximum Gasteiger partial charge on any atom is 0.408 e. The third kappa shape index (κ3) is 9.59. The Morgan fingerprint density at radius 2 is 1.66 bits per heavy atom. The molecule has 2 aromatic carbocycles. The van der Waals surface area contributed by atoms with E-state index in [1.165, 1.54) is 4.90 Å². The van der Waals surface area contributed by atoms with E-state index in [2.05, 4.69) is 23.5 Å². The zero-order valence-electron chi connectivity index (χ0n) is 23.3. The molecule has 1 atom stereocenters. The number of alkyl carbamates (subject to hydrolysis) is 1. The Morgan fingerprint density at radius 1 is 1.00 bits per heavy atom. The number of hydrogen-bond donors (Lipinski definition) is 2. The zero-order valence-corrected chi connectivity index (χ0v) is 23.3. The lowest BCUT2D eigenvalue weighted by Gasteiger charge is -2.32. The lowest BCUT2D eigenvalue weighted by atomic mass is 9.97. The Hall–Kier alpha value is -3.79. The first-order valence-electron chi connectivity index (χ1n) is 13.3. The molecule has 0 aromatic heterocycles. The first kappa shape index (κ1) is 30.4. The maximum absolute atomic E-state index is 13.9. The molecule has 0 saturated carbocycles. The monoisotopic (exact) mass is 519 g/mol. The Kier molecular flexibility index (Phi) is 11.9. The van der Waals surface area contributed by atoms with Gasteiger partial charge in [-0.1, -0.05) is 74.9 Å². The summed E-state index contributed by atoms with van der Waals surface area (Å²) in [6, 6.07) is 13.6. The molecule has 7 nitrogen and oxygen atoms in total. The number of benzene rings is 2. The van der Waals surface area contributed by atoms with E-state index in [0.717, 1.165) is 31.2 Å². The van der Waals surface area contributed by atoms with Crippen LogP contribution in [0.25, 0.3) is 0 Å². The van der Waals surface area contributed by atoms with Crippen LogP contribution in [0, 0.1) is 19.3 Å². The molecule has 0 bridgehead atoms. The van der Waals surface area contributed by atoms with Crippen LogP contribution in [0.2, 0.25) is 0 Å². The van der Waals surface area contributed by atoms with Gasteiger partial charge in [0.2, 0.25) is 5.91 Å². The standard InChI is InChI=1S/C31H41N3O4/c1-7-9-10-11-16-21-34(27(35)22-32-30(37)38-31(4,5)6)28(25-19-14-13-18-24(25)8-2)29(36)33-26-20-15-12-17-23(26)3/h2,12-15,17-20,28H,7,9-11,16,21-22H2,1,3-6H3,(H,32,37)(H,33,36). The quantitative estimate of drug-likeness (QED) is 0.267. The Morgan fingerprint density at radius 3 is 2.32 bits per heavy atom. The summed E-state index contributed by atoms with van der Waals surface area (Å²) >= 11 is 0. The molecule has 2 rings (SSSR count). The molecule has 0 aliphatic heterocycles. The summed E-state index contributed by atoms with van der Waals surface area (Å²) in [5.41, 5.74) is 1.94. The highest BCUT2D eigenvalue weighted by atomic mass is 16.6. The molecule has 2 N–H and O–H groups in total. The Bertz CT molecular complexity index is 1130. The minimum Gasteiger partial charge on any atom is -0.444 e. The number of anilines is 1. The smallest absolute Gasteiger partial charge is 0.408 e. The number of carbonyl (C=O) groups is 3. The zero-order chi connectivity index (χ0) is 28.1. The third-order valence-electron chi connectivity index (χ3n) is 5.98. The number of aryl methyl sites for hydroxylation is 1. The van der Waals surface area contributed by atoms with E-state index in [1.807, 2.05) is 31.2 Å². The predicted octanol–water partition coefficient (Wildman–Crippen LogP) is 5.98. The van der Waals surface area contributed by atoms with Gasteiger partial charge in [-0.25, -0.2) is 4.79 Å². The number of rotatable bonds is 12. The minimum absolute atomic E-state index is 0.309. The van der Waals surface area contributed by atoms with Crippen molar-refractivity contribution in [3.05, 3.63) is 65.2 Å². The summed E-state index contributed by atoms with van der Waals surface area (Å²) in [4.78, 5) is 41.2. The molecule has 0 aliphatic carbocycles. The number of hydrogen-bond acceptors (Lipinski definition) is 4. The molecule has 0 fully saturated rings. The van der Waals surface area contributed by atoms with Gasteiger partial charge in [-0.2, -0.15) is 0 Å². The van der Waals surface area contributed by atoms with Gasteiger partial charge in [-0.3, -0.25) is 9.59 Å². The molecule has 2 aromatic rings. The number of para-hydroxylation sites is 1. The fraction of sp³-hybridized carbons (Fsp3) is 0.452. The summed E-state index contributed by atoms with van der Waals surface area (Å²) in [5.74, 6) is 1.88. The molecule has 0 spiro atoms. The number of ether oxygens (including phenoxy) is 1. The molecular formula is C31H41N3O4. The van der Waals surface area contributed by atoms with E-state index in [4.69, 9.17) is 11.2 Å². The van der Waals surface area contributed by atoms with Gasteiger partial charge in [0, 0.05) is 17.8 Å². The molecule has 0 radical (unpaired) electrons. The van der Waals surface area contributed by atoms with Crippen molar-refractivity contribution in [2.45, 2.75) is 78.4 Å². The second kappa shape index (κ2) is 14.8. The Balaban J connectivity index is 2.42. The van der Waals surface area contributed by atoms with E-state index >= 15 is 0 Å². The van der Waals surface area contributed by atoms with Crippen LogP contribution in [-0.4, -0.2) is 41.5 Å².